The minimum absolute atomic E-state index is 0.300. The fourth-order valence-electron chi connectivity index (χ4n) is 4.00. The Labute approximate surface area is 132 Å². The number of hydrogen-bond donors (Lipinski definition) is 1. The van der Waals surface area contributed by atoms with E-state index in [-0.39, 0.29) is 5.91 Å². The summed E-state index contributed by atoms with van der Waals surface area (Å²) in [6.45, 7) is 4.85. The summed E-state index contributed by atoms with van der Waals surface area (Å²) >= 11 is 0. The number of morpholine rings is 1. The van der Waals surface area contributed by atoms with Gasteiger partial charge in [-0.15, -0.1) is 0 Å². The monoisotopic (exact) mass is 302 g/mol. The second kappa shape index (κ2) is 7.25. The van der Waals surface area contributed by atoms with Gasteiger partial charge in [0.15, 0.2) is 0 Å². The average Bonchev–Trinajstić information content (AvgIpc) is 2.56. The van der Waals surface area contributed by atoms with Crippen molar-refractivity contribution in [2.24, 2.45) is 11.7 Å². The summed E-state index contributed by atoms with van der Waals surface area (Å²) in [5.41, 5.74) is 7.45. The molecular weight excluding hydrogens is 276 g/mol. The van der Waals surface area contributed by atoms with Gasteiger partial charge in [0.25, 0.3) is 0 Å². The zero-order valence-corrected chi connectivity index (χ0v) is 13.2. The molecule has 1 aromatic carbocycles. The lowest BCUT2D eigenvalue weighted by Crippen LogP contribution is -2.41. The molecule has 4 heteroatoms. The Morgan fingerprint density at radius 2 is 1.91 bits per heavy atom. The third-order valence-electron chi connectivity index (χ3n) is 5.13. The smallest absolute Gasteiger partial charge is 0.248 e. The lowest BCUT2D eigenvalue weighted by atomic mass is 9.74. The maximum absolute atomic E-state index is 11.8. The van der Waals surface area contributed by atoms with Crippen LogP contribution < -0.4 is 5.73 Å². The minimum atomic E-state index is -0.300. The zero-order chi connectivity index (χ0) is 15.4. The summed E-state index contributed by atoms with van der Waals surface area (Å²) in [6, 6.07) is 7.91. The van der Waals surface area contributed by atoms with Crippen molar-refractivity contribution in [3.8, 4) is 0 Å². The van der Waals surface area contributed by atoms with Crippen LogP contribution >= 0.6 is 0 Å². The van der Waals surface area contributed by atoms with Crippen molar-refractivity contribution in [3.05, 3.63) is 35.4 Å². The summed E-state index contributed by atoms with van der Waals surface area (Å²) in [5, 5.41) is 0. The Bertz CT molecular complexity index is 512. The number of rotatable bonds is 4. The van der Waals surface area contributed by atoms with Crippen LogP contribution in [-0.2, 0) is 4.74 Å². The van der Waals surface area contributed by atoms with Crippen molar-refractivity contribution in [1.29, 1.82) is 0 Å². The van der Waals surface area contributed by atoms with E-state index in [9.17, 15) is 4.79 Å². The normalized spacial score (nSPS) is 26.7. The third kappa shape index (κ3) is 3.50. The van der Waals surface area contributed by atoms with Gasteiger partial charge < -0.3 is 10.5 Å². The summed E-state index contributed by atoms with van der Waals surface area (Å²) in [5.74, 6) is 0.777. The lowest BCUT2D eigenvalue weighted by molar-refractivity contribution is 0.0257. The van der Waals surface area contributed by atoms with Crippen molar-refractivity contribution < 1.29 is 9.53 Å². The van der Waals surface area contributed by atoms with Gasteiger partial charge >= 0.3 is 0 Å². The highest BCUT2D eigenvalue weighted by molar-refractivity contribution is 5.94. The molecular formula is C18H26N2O2. The van der Waals surface area contributed by atoms with E-state index in [1.807, 2.05) is 18.2 Å². The van der Waals surface area contributed by atoms with Gasteiger partial charge in [-0.05, 0) is 36.3 Å². The number of benzene rings is 1. The first-order chi connectivity index (χ1) is 10.8. The highest BCUT2D eigenvalue weighted by Crippen LogP contribution is 2.39. The predicted molar refractivity (Wildman–Crippen MR) is 86.9 cm³/mol. The molecule has 2 N–H and O–H groups in total. The van der Waals surface area contributed by atoms with Crippen LogP contribution in [0.1, 0.15) is 47.5 Å². The summed E-state index contributed by atoms with van der Waals surface area (Å²) in [4.78, 5) is 14.3. The number of carbonyl (C=O) groups excluding carboxylic acids is 1. The molecule has 0 radical (unpaired) electrons. The van der Waals surface area contributed by atoms with Crippen molar-refractivity contribution in [3.63, 3.8) is 0 Å². The molecule has 120 valence electrons. The molecule has 0 bridgehead atoms. The molecule has 1 amide bonds. The van der Waals surface area contributed by atoms with Gasteiger partial charge in [-0.2, -0.15) is 0 Å². The van der Waals surface area contributed by atoms with Crippen molar-refractivity contribution in [1.82, 2.24) is 4.90 Å². The number of amides is 1. The van der Waals surface area contributed by atoms with Crippen LogP contribution in [0.5, 0.6) is 0 Å². The summed E-state index contributed by atoms with van der Waals surface area (Å²) in [7, 11) is 0. The molecule has 2 aliphatic rings. The van der Waals surface area contributed by atoms with E-state index in [2.05, 4.69) is 11.0 Å². The van der Waals surface area contributed by atoms with E-state index in [1.165, 1.54) is 25.7 Å². The van der Waals surface area contributed by atoms with Crippen molar-refractivity contribution >= 4 is 5.91 Å². The Morgan fingerprint density at radius 3 is 2.68 bits per heavy atom. The number of carbonyl (C=O) groups is 1. The number of ether oxygens (including phenoxy) is 1. The number of nitrogens with two attached hydrogens (primary N) is 1. The van der Waals surface area contributed by atoms with Gasteiger partial charge in [0, 0.05) is 25.2 Å². The van der Waals surface area contributed by atoms with E-state index in [0.717, 1.165) is 38.4 Å². The molecule has 1 saturated heterocycles. The van der Waals surface area contributed by atoms with Crippen molar-refractivity contribution in [2.75, 3.05) is 32.8 Å². The highest BCUT2D eigenvalue weighted by Gasteiger charge is 2.30. The Kier molecular flexibility index (Phi) is 5.11. The maximum Gasteiger partial charge on any atom is 0.248 e. The molecule has 4 nitrogen and oxygen atoms in total. The third-order valence-corrected chi connectivity index (χ3v) is 5.13. The molecule has 1 saturated carbocycles. The zero-order valence-electron chi connectivity index (χ0n) is 13.2. The largest absolute Gasteiger partial charge is 0.379 e. The standard InChI is InChI=1S/C18H26N2O2/c19-18(21)17-8-4-3-7-16(17)15-6-2-1-5-14(15)13-20-9-11-22-12-10-20/h3-4,7-8,14-15H,1-2,5-6,9-13H2,(H2,19,21)/t14?,15-/m1/s1. The van der Waals surface area contributed by atoms with E-state index in [1.54, 1.807) is 0 Å². The van der Waals surface area contributed by atoms with Gasteiger partial charge in [-0.1, -0.05) is 31.0 Å². The van der Waals surface area contributed by atoms with Crippen LogP contribution in [0.15, 0.2) is 24.3 Å². The topological polar surface area (TPSA) is 55.6 Å². The maximum atomic E-state index is 11.8. The van der Waals surface area contributed by atoms with Crippen LogP contribution in [0, 0.1) is 5.92 Å². The van der Waals surface area contributed by atoms with Crippen LogP contribution in [0.3, 0.4) is 0 Å². The fourth-order valence-corrected chi connectivity index (χ4v) is 4.00. The number of primary amides is 1. The van der Waals surface area contributed by atoms with Crippen LogP contribution in [0.4, 0.5) is 0 Å². The first kappa shape index (κ1) is 15.5. The molecule has 1 aliphatic heterocycles. The molecule has 1 aromatic rings. The molecule has 2 atom stereocenters. The molecule has 0 spiro atoms. The van der Waals surface area contributed by atoms with E-state index in [4.69, 9.17) is 10.5 Å². The molecule has 1 aliphatic carbocycles. The number of hydrogen-bond acceptors (Lipinski definition) is 3. The van der Waals surface area contributed by atoms with Crippen molar-refractivity contribution in [2.45, 2.75) is 31.6 Å². The molecule has 22 heavy (non-hydrogen) atoms. The molecule has 1 heterocycles. The van der Waals surface area contributed by atoms with Crippen LogP contribution in [0.25, 0.3) is 0 Å². The molecule has 2 fully saturated rings. The lowest BCUT2D eigenvalue weighted by Gasteiger charge is -2.37. The molecule has 0 aromatic heterocycles. The second-order valence-electron chi connectivity index (χ2n) is 6.52. The summed E-state index contributed by atoms with van der Waals surface area (Å²) < 4.78 is 5.45. The summed E-state index contributed by atoms with van der Waals surface area (Å²) in [6.07, 6.45) is 4.95. The predicted octanol–water partition coefficient (Wildman–Crippen LogP) is 2.39. The molecule has 3 rings (SSSR count). The average molecular weight is 302 g/mol. The van der Waals surface area contributed by atoms with Gasteiger partial charge in [0.05, 0.1) is 13.2 Å². The van der Waals surface area contributed by atoms with Gasteiger partial charge in [0.1, 0.15) is 0 Å². The Balaban J connectivity index is 1.78. The van der Waals surface area contributed by atoms with E-state index < -0.39 is 0 Å². The molecule has 1 unspecified atom stereocenters. The first-order valence-electron chi connectivity index (χ1n) is 8.44. The van der Waals surface area contributed by atoms with E-state index >= 15 is 0 Å². The number of nitrogens with zero attached hydrogens (tertiary/aromatic N) is 1. The van der Waals surface area contributed by atoms with Gasteiger partial charge in [-0.3, -0.25) is 9.69 Å². The second-order valence-corrected chi connectivity index (χ2v) is 6.52. The van der Waals surface area contributed by atoms with Crippen LogP contribution in [-0.4, -0.2) is 43.7 Å². The fraction of sp³-hybridized carbons (Fsp3) is 0.611. The highest BCUT2D eigenvalue weighted by atomic mass is 16.5. The van der Waals surface area contributed by atoms with Crippen LogP contribution in [0.2, 0.25) is 0 Å². The quantitative estimate of drug-likeness (QED) is 0.929. The van der Waals surface area contributed by atoms with Gasteiger partial charge in [0.2, 0.25) is 5.91 Å². The Morgan fingerprint density at radius 1 is 1.18 bits per heavy atom. The van der Waals surface area contributed by atoms with E-state index in [0.29, 0.717) is 17.4 Å². The first-order valence-corrected chi connectivity index (χ1v) is 8.44. The van der Waals surface area contributed by atoms with Gasteiger partial charge in [-0.25, -0.2) is 0 Å². The Hall–Kier alpha value is -1.39. The SMILES string of the molecule is NC(=O)c1ccccc1[C@@H]1CCCCC1CN1CCOCC1. The minimum Gasteiger partial charge on any atom is -0.379 e.